The number of hydrogen-bond acceptors (Lipinski definition) is 5. The molecule has 0 aliphatic carbocycles. The third kappa shape index (κ3) is 5.58. The predicted molar refractivity (Wildman–Crippen MR) is 98.3 cm³/mol. The van der Waals surface area contributed by atoms with Gasteiger partial charge < -0.3 is 25.4 Å². The minimum Gasteiger partial charge on any atom is -0.481 e. The van der Waals surface area contributed by atoms with Crippen LogP contribution in [0.4, 0.5) is 8.78 Å². The van der Waals surface area contributed by atoms with Crippen LogP contribution in [-0.2, 0) is 19.2 Å². The minimum absolute atomic E-state index is 0.174. The Kier molecular flexibility index (Phi) is 7.56. The van der Waals surface area contributed by atoms with Crippen LogP contribution in [0.5, 0.6) is 0 Å². The van der Waals surface area contributed by atoms with Crippen molar-refractivity contribution < 1.29 is 37.9 Å². The van der Waals surface area contributed by atoms with Gasteiger partial charge in [0.2, 0.25) is 11.8 Å². The maximum absolute atomic E-state index is 13.3. The molecular weight excluding hydrogens is 404 g/mol. The molecule has 2 unspecified atom stereocenters. The molecule has 2 rings (SSSR count). The van der Waals surface area contributed by atoms with Crippen LogP contribution in [0.25, 0.3) is 0 Å². The van der Waals surface area contributed by atoms with E-state index in [4.69, 9.17) is 5.11 Å². The van der Waals surface area contributed by atoms with Gasteiger partial charge in [0.05, 0.1) is 12.5 Å². The summed E-state index contributed by atoms with van der Waals surface area (Å²) >= 11 is 0. The topological polar surface area (TPSA) is 133 Å². The summed E-state index contributed by atoms with van der Waals surface area (Å²) in [5, 5.41) is 13.4. The van der Waals surface area contributed by atoms with Crippen LogP contribution in [0.2, 0.25) is 0 Å². The van der Waals surface area contributed by atoms with Gasteiger partial charge in [0, 0.05) is 12.1 Å². The van der Waals surface area contributed by atoms with Crippen molar-refractivity contribution in [3.63, 3.8) is 0 Å². The Labute approximate surface area is 170 Å². The lowest BCUT2D eigenvalue weighted by atomic mass is 10.1. The van der Waals surface area contributed by atoms with Crippen molar-refractivity contribution in [2.24, 2.45) is 0 Å². The summed E-state index contributed by atoms with van der Waals surface area (Å²) in [6.07, 6.45) is 0.521. The number of carbonyl (C=O) groups excluding carboxylic acids is 4. The monoisotopic (exact) mass is 425 g/mol. The van der Waals surface area contributed by atoms with E-state index in [1.807, 2.05) is 0 Å². The first kappa shape index (κ1) is 22.9. The number of benzene rings is 1. The van der Waals surface area contributed by atoms with E-state index in [9.17, 15) is 32.8 Å². The first-order valence-corrected chi connectivity index (χ1v) is 9.18. The highest BCUT2D eigenvalue weighted by Gasteiger charge is 2.37. The molecule has 1 aliphatic rings. The van der Waals surface area contributed by atoms with Crippen molar-refractivity contribution >= 4 is 30.0 Å². The number of halogens is 2. The maximum Gasteiger partial charge on any atom is 0.305 e. The fourth-order valence-electron chi connectivity index (χ4n) is 3.13. The molecule has 9 nitrogen and oxygen atoms in total. The van der Waals surface area contributed by atoms with Crippen molar-refractivity contribution in [2.75, 3.05) is 6.54 Å². The van der Waals surface area contributed by atoms with Gasteiger partial charge in [-0.3, -0.25) is 19.2 Å². The van der Waals surface area contributed by atoms with Gasteiger partial charge in [-0.1, -0.05) is 0 Å². The summed E-state index contributed by atoms with van der Waals surface area (Å²) in [6, 6.07) is -0.651. The zero-order valence-corrected chi connectivity index (χ0v) is 16.1. The molecule has 0 aromatic heterocycles. The van der Waals surface area contributed by atoms with Crippen LogP contribution in [0.1, 0.15) is 36.5 Å². The van der Waals surface area contributed by atoms with Gasteiger partial charge in [-0.15, -0.1) is 0 Å². The van der Waals surface area contributed by atoms with Crippen LogP contribution >= 0.6 is 0 Å². The molecule has 3 N–H and O–H groups in total. The molecule has 3 atom stereocenters. The van der Waals surface area contributed by atoms with Crippen LogP contribution < -0.4 is 10.6 Å². The van der Waals surface area contributed by atoms with Crippen LogP contribution in [-0.4, -0.2) is 64.7 Å². The largest absolute Gasteiger partial charge is 0.481 e. The number of nitrogens with zero attached hydrogens (tertiary/aromatic N) is 1. The average molecular weight is 425 g/mol. The number of likely N-dealkylation sites (tertiary alicyclic amines) is 1. The number of aliphatic carboxylic acids is 1. The summed E-state index contributed by atoms with van der Waals surface area (Å²) < 4.78 is 26.3. The van der Waals surface area contributed by atoms with Gasteiger partial charge in [-0.05, 0) is 38.0 Å². The molecule has 3 amide bonds. The fraction of sp³-hybridized carbons (Fsp3) is 0.421. The van der Waals surface area contributed by atoms with Gasteiger partial charge in [0.15, 0.2) is 11.6 Å². The number of carboxylic acid groups (broad SMARTS) is 1. The summed E-state index contributed by atoms with van der Waals surface area (Å²) in [5.41, 5.74) is -0.174. The molecule has 1 aromatic rings. The normalized spacial score (nSPS) is 17.7. The molecule has 1 aromatic carbocycles. The second-order valence-corrected chi connectivity index (χ2v) is 6.86. The van der Waals surface area contributed by atoms with E-state index in [0.29, 0.717) is 25.2 Å². The third-order valence-electron chi connectivity index (χ3n) is 4.62. The number of aldehydes is 1. The highest BCUT2D eigenvalue weighted by atomic mass is 19.2. The Morgan fingerprint density at radius 1 is 1.23 bits per heavy atom. The summed E-state index contributed by atoms with van der Waals surface area (Å²) in [7, 11) is 0. The standard InChI is InChI=1S/C19H21F2N3O6/c1-10(22-17(28)11-4-5-13(20)14(21)7-11)19(30)24-6-2-3-15(24)18(29)23-12(9-25)8-16(26)27/h4-5,7,9-10,12,15H,2-3,6,8H2,1H3,(H,22,28)(H,23,29)(H,26,27)/t10?,12?,15-/m0/s1. The molecule has 162 valence electrons. The second kappa shape index (κ2) is 9.90. The number of nitrogens with one attached hydrogen (secondary N) is 2. The number of amides is 3. The molecule has 0 radical (unpaired) electrons. The highest BCUT2D eigenvalue weighted by molar-refractivity contribution is 5.98. The van der Waals surface area contributed by atoms with E-state index < -0.39 is 59.9 Å². The van der Waals surface area contributed by atoms with Gasteiger partial charge in [0.1, 0.15) is 18.4 Å². The van der Waals surface area contributed by atoms with E-state index in [1.165, 1.54) is 11.8 Å². The van der Waals surface area contributed by atoms with Crippen LogP contribution in [0.15, 0.2) is 18.2 Å². The Hall–Kier alpha value is -3.37. The Bertz CT molecular complexity index is 863. The number of carboxylic acids is 1. The molecule has 30 heavy (non-hydrogen) atoms. The lowest BCUT2D eigenvalue weighted by Gasteiger charge is -2.27. The zero-order chi connectivity index (χ0) is 22.4. The lowest BCUT2D eigenvalue weighted by Crippen LogP contribution is -2.54. The number of carbonyl (C=O) groups is 5. The summed E-state index contributed by atoms with van der Waals surface area (Å²) in [5.74, 6) is -5.62. The average Bonchev–Trinajstić information content (AvgIpc) is 3.18. The van der Waals surface area contributed by atoms with Crippen molar-refractivity contribution in [3.05, 3.63) is 35.4 Å². The maximum atomic E-state index is 13.3. The summed E-state index contributed by atoms with van der Waals surface area (Å²) in [4.78, 5) is 60.3. The molecule has 11 heteroatoms. The molecule has 1 saturated heterocycles. The van der Waals surface area contributed by atoms with Crippen molar-refractivity contribution in [1.82, 2.24) is 15.5 Å². The van der Waals surface area contributed by atoms with Crippen LogP contribution in [0, 0.1) is 11.6 Å². The number of hydrogen-bond donors (Lipinski definition) is 3. The van der Waals surface area contributed by atoms with E-state index in [2.05, 4.69) is 10.6 Å². The molecule has 0 saturated carbocycles. The fourth-order valence-corrected chi connectivity index (χ4v) is 3.13. The number of rotatable bonds is 8. The Balaban J connectivity index is 2.02. The van der Waals surface area contributed by atoms with E-state index >= 15 is 0 Å². The smallest absolute Gasteiger partial charge is 0.305 e. The van der Waals surface area contributed by atoms with Gasteiger partial charge in [-0.2, -0.15) is 0 Å². The Morgan fingerprint density at radius 2 is 1.93 bits per heavy atom. The first-order valence-electron chi connectivity index (χ1n) is 9.18. The minimum atomic E-state index is -1.26. The Morgan fingerprint density at radius 3 is 2.53 bits per heavy atom. The predicted octanol–water partition coefficient (Wildman–Crippen LogP) is 0.233. The molecular formula is C19H21F2N3O6. The molecule has 1 fully saturated rings. The molecule has 1 heterocycles. The van der Waals surface area contributed by atoms with Gasteiger partial charge >= 0.3 is 5.97 Å². The van der Waals surface area contributed by atoms with E-state index in [0.717, 1.165) is 12.1 Å². The van der Waals surface area contributed by atoms with Crippen molar-refractivity contribution in [1.29, 1.82) is 0 Å². The lowest BCUT2D eigenvalue weighted by molar-refractivity contribution is -0.141. The quantitative estimate of drug-likeness (QED) is 0.511. The van der Waals surface area contributed by atoms with Gasteiger partial charge in [0.25, 0.3) is 5.91 Å². The zero-order valence-electron chi connectivity index (χ0n) is 16.1. The highest BCUT2D eigenvalue weighted by Crippen LogP contribution is 2.19. The third-order valence-corrected chi connectivity index (χ3v) is 4.62. The second-order valence-electron chi connectivity index (χ2n) is 6.86. The molecule has 0 spiro atoms. The van der Waals surface area contributed by atoms with E-state index in [1.54, 1.807) is 0 Å². The first-order chi connectivity index (χ1) is 14.1. The van der Waals surface area contributed by atoms with Crippen molar-refractivity contribution in [3.8, 4) is 0 Å². The summed E-state index contributed by atoms with van der Waals surface area (Å²) in [6.45, 7) is 1.61. The van der Waals surface area contributed by atoms with E-state index in [-0.39, 0.29) is 12.1 Å². The molecule has 1 aliphatic heterocycles. The van der Waals surface area contributed by atoms with Crippen molar-refractivity contribution in [2.45, 2.75) is 44.3 Å². The van der Waals surface area contributed by atoms with Gasteiger partial charge in [-0.25, -0.2) is 8.78 Å². The molecule has 0 bridgehead atoms. The SMILES string of the molecule is CC(NC(=O)c1ccc(F)c(F)c1)C(=O)N1CCC[C@H]1C(=O)NC(C=O)CC(=O)O. The van der Waals surface area contributed by atoms with Crippen LogP contribution in [0.3, 0.4) is 0 Å².